The Bertz CT molecular complexity index is 1480. The first kappa shape index (κ1) is 30.6. The normalized spacial score (nSPS) is 23.0. The minimum absolute atomic E-state index is 0.0386. The van der Waals surface area contributed by atoms with Gasteiger partial charge in [-0.1, -0.05) is 36.4 Å². The lowest BCUT2D eigenvalue weighted by Gasteiger charge is -2.30. The molecular formula is C30H25F9N2O2. The summed E-state index contributed by atoms with van der Waals surface area (Å²) in [4.78, 5) is 16.0. The molecule has 43 heavy (non-hydrogen) atoms. The first-order chi connectivity index (χ1) is 20.0. The molecular weight excluding hydrogens is 591 g/mol. The number of rotatable bonds is 5. The summed E-state index contributed by atoms with van der Waals surface area (Å²) in [5.74, 6) is -1.46. The van der Waals surface area contributed by atoms with Crippen molar-refractivity contribution in [1.82, 2.24) is 4.90 Å². The molecule has 2 aliphatic heterocycles. The number of cyclic esters (lactones) is 1. The average Bonchev–Trinajstić information content (AvgIpc) is 3.56. The van der Waals surface area contributed by atoms with Gasteiger partial charge in [-0.3, -0.25) is 4.90 Å². The summed E-state index contributed by atoms with van der Waals surface area (Å²) in [6.45, 7) is 2.27. The van der Waals surface area contributed by atoms with Crippen LogP contribution in [0.2, 0.25) is 0 Å². The molecule has 0 saturated carbocycles. The molecule has 0 aromatic heterocycles. The molecule has 1 fully saturated rings. The maximum Gasteiger partial charge on any atom is 0.416 e. The summed E-state index contributed by atoms with van der Waals surface area (Å²) < 4.78 is 127. The Balaban J connectivity index is 1.47. The van der Waals surface area contributed by atoms with E-state index < -0.39 is 72.4 Å². The number of anilines is 1. The van der Waals surface area contributed by atoms with Gasteiger partial charge in [0.1, 0.15) is 6.10 Å². The number of halogens is 9. The lowest BCUT2D eigenvalue weighted by atomic mass is 9.83. The zero-order chi connectivity index (χ0) is 31.3. The Morgan fingerprint density at radius 1 is 0.884 bits per heavy atom. The van der Waals surface area contributed by atoms with Crippen molar-refractivity contribution < 1.29 is 49.0 Å². The van der Waals surface area contributed by atoms with Crippen LogP contribution in [-0.4, -0.2) is 48.6 Å². The van der Waals surface area contributed by atoms with Crippen LogP contribution in [0.4, 0.5) is 50.0 Å². The van der Waals surface area contributed by atoms with Gasteiger partial charge >= 0.3 is 24.6 Å². The molecule has 13 heteroatoms. The average molecular weight is 617 g/mol. The second kappa shape index (κ2) is 11.0. The van der Waals surface area contributed by atoms with E-state index in [1.54, 1.807) is 18.2 Å². The number of carbonyl (C=O) groups excluding carboxylic acids is 1. The van der Waals surface area contributed by atoms with Gasteiger partial charge in [-0.15, -0.1) is 0 Å². The highest BCUT2D eigenvalue weighted by Crippen LogP contribution is 2.44. The summed E-state index contributed by atoms with van der Waals surface area (Å²) in [7, 11) is 0. The lowest BCUT2D eigenvalue weighted by molar-refractivity contribution is -0.137. The molecule has 1 saturated heterocycles. The molecule has 1 amide bonds. The van der Waals surface area contributed by atoms with Crippen LogP contribution in [0, 0.1) is 5.92 Å². The van der Waals surface area contributed by atoms with Crippen LogP contribution in [0.15, 0.2) is 77.9 Å². The zero-order valence-electron chi connectivity index (χ0n) is 22.5. The van der Waals surface area contributed by atoms with Gasteiger partial charge < -0.3 is 9.64 Å². The fourth-order valence-corrected chi connectivity index (χ4v) is 5.63. The molecule has 3 atom stereocenters. The van der Waals surface area contributed by atoms with Gasteiger partial charge in [0, 0.05) is 30.3 Å². The van der Waals surface area contributed by atoms with Crippen LogP contribution < -0.4 is 4.90 Å². The maximum absolute atomic E-state index is 13.7. The van der Waals surface area contributed by atoms with Crippen molar-refractivity contribution >= 4 is 11.8 Å². The number of benzene rings is 2. The first-order valence-corrected chi connectivity index (χ1v) is 13.3. The van der Waals surface area contributed by atoms with Gasteiger partial charge in [-0.2, -0.15) is 39.5 Å². The maximum atomic E-state index is 13.7. The number of nitrogens with zero attached hydrogens (tertiary/aromatic N) is 2. The number of alkyl halides is 9. The van der Waals surface area contributed by atoms with Crippen LogP contribution in [0.1, 0.15) is 24.5 Å². The highest BCUT2D eigenvalue weighted by Gasteiger charge is 2.48. The number of carbonyl (C=O) groups is 1. The summed E-state index contributed by atoms with van der Waals surface area (Å²) in [5, 5.41) is 0. The molecule has 4 nitrogen and oxygen atoms in total. The Labute approximate surface area is 240 Å². The summed E-state index contributed by atoms with van der Waals surface area (Å²) in [5.41, 5.74) is -2.05. The number of ether oxygens (including phenoxy) is 1. The Hall–Kier alpha value is -3.90. The van der Waals surface area contributed by atoms with Crippen LogP contribution in [0.5, 0.6) is 0 Å². The van der Waals surface area contributed by atoms with Gasteiger partial charge in [-0.05, 0) is 60.4 Å². The van der Waals surface area contributed by atoms with E-state index in [0.717, 1.165) is 22.7 Å². The molecule has 0 bridgehead atoms. The highest BCUT2D eigenvalue weighted by atomic mass is 19.4. The first-order valence-electron chi connectivity index (χ1n) is 13.3. The van der Waals surface area contributed by atoms with Gasteiger partial charge in [0.25, 0.3) is 0 Å². The van der Waals surface area contributed by atoms with E-state index in [-0.39, 0.29) is 11.6 Å². The predicted octanol–water partition coefficient (Wildman–Crippen LogP) is 8.46. The van der Waals surface area contributed by atoms with Crippen LogP contribution >= 0.6 is 0 Å². The topological polar surface area (TPSA) is 32.8 Å². The van der Waals surface area contributed by atoms with Gasteiger partial charge in [-0.25, -0.2) is 4.79 Å². The summed E-state index contributed by atoms with van der Waals surface area (Å²) in [6.07, 6.45) is -13.5. The quantitative estimate of drug-likeness (QED) is 0.250. The number of allylic oxidation sites excluding steroid dienone is 3. The number of amides is 1. The molecule has 0 radical (unpaired) electrons. The predicted molar refractivity (Wildman–Crippen MR) is 140 cm³/mol. The zero-order valence-corrected chi connectivity index (χ0v) is 22.5. The number of hydrogen-bond acceptors (Lipinski definition) is 3. The van der Waals surface area contributed by atoms with Crippen LogP contribution in [0.25, 0.3) is 11.1 Å². The standard InChI is InChI=1S/C30H25F9N2O2/c1-17-26(19-11-22(29(34,35)36)15-23(12-19)30(37,38)39)43-27(42)41(17)16-20-13-21(28(31,32)33)7-8-25(20)18-5-4-6-24(14-18)40-9-2-3-10-40/h2-8,11,13-15,17,19,26H,9-10,12,16H2,1H3/t17-,19?,26-/m0/s1. The van der Waals surface area contributed by atoms with E-state index in [0.29, 0.717) is 30.3 Å². The SMILES string of the molecule is C[C@H]1[C@@H](C2C=C(C(F)(F)F)C=C(C(F)(F)F)C2)OC(=O)N1Cc1cc(C(F)(F)F)ccc1-c1cccc(N2CC=CC2)c1. The number of hydrogen-bond donors (Lipinski definition) is 0. The van der Waals surface area contributed by atoms with Crippen molar-refractivity contribution in [2.75, 3.05) is 18.0 Å². The van der Waals surface area contributed by atoms with Crippen molar-refractivity contribution in [1.29, 1.82) is 0 Å². The molecule has 1 unspecified atom stereocenters. The minimum Gasteiger partial charge on any atom is -0.443 e. The Kier molecular flexibility index (Phi) is 7.80. The third-order valence-electron chi connectivity index (χ3n) is 7.84. The van der Waals surface area contributed by atoms with Crippen molar-refractivity contribution in [3.05, 3.63) is 89.0 Å². The van der Waals surface area contributed by atoms with Crippen LogP contribution in [0.3, 0.4) is 0 Å². The molecule has 1 aliphatic carbocycles. The minimum atomic E-state index is -5.08. The van der Waals surface area contributed by atoms with E-state index in [1.807, 2.05) is 23.1 Å². The molecule has 2 aromatic carbocycles. The van der Waals surface area contributed by atoms with Crippen molar-refractivity contribution in [3.63, 3.8) is 0 Å². The fraction of sp³-hybridized carbons (Fsp3) is 0.367. The fourth-order valence-electron chi connectivity index (χ4n) is 5.63. The molecule has 0 N–H and O–H groups in total. The van der Waals surface area contributed by atoms with E-state index in [9.17, 15) is 44.3 Å². The second-order valence-electron chi connectivity index (χ2n) is 10.7. The lowest BCUT2D eigenvalue weighted by Crippen LogP contribution is -2.38. The van der Waals surface area contributed by atoms with E-state index >= 15 is 0 Å². The second-order valence-corrected chi connectivity index (χ2v) is 10.7. The molecule has 0 spiro atoms. The van der Waals surface area contributed by atoms with Crippen molar-refractivity contribution in [2.45, 2.75) is 50.6 Å². The van der Waals surface area contributed by atoms with Gasteiger partial charge in [0.2, 0.25) is 0 Å². The monoisotopic (exact) mass is 616 g/mol. The molecule has 230 valence electrons. The smallest absolute Gasteiger partial charge is 0.416 e. The third-order valence-corrected chi connectivity index (χ3v) is 7.84. The third kappa shape index (κ3) is 6.40. The van der Waals surface area contributed by atoms with Crippen molar-refractivity contribution in [3.8, 4) is 11.1 Å². The van der Waals surface area contributed by atoms with Gasteiger partial charge in [0.15, 0.2) is 0 Å². The van der Waals surface area contributed by atoms with Crippen LogP contribution in [-0.2, 0) is 17.5 Å². The molecule has 5 rings (SSSR count). The largest absolute Gasteiger partial charge is 0.443 e. The molecule has 2 heterocycles. The van der Waals surface area contributed by atoms with E-state index in [2.05, 4.69) is 0 Å². The van der Waals surface area contributed by atoms with E-state index in [4.69, 9.17) is 4.74 Å². The summed E-state index contributed by atoms with van der Waals surface area (Å²) in [6, 6.07) is 9.11. The van der Waals surface area contributed by atoms with Crippen molar-refractivity contribution in [2.24, 2.45) is 5.92 Å². The van der Waals surface area contributed by atoms with Gasteiger partial charge in [0.05, 0.1) is 23.7 Å². The Morgan fingerprint density at radius 3 is 2.21 bits per heavy atom. The highest BCUT2D eigenvalue weighted by molar-refractivity contribution is 5.75. The Morgan fingerprint density at radius 2 is 1.58 bits per heavy atom. The molecule has 3 aliphatic rings. The molecule has 2 aromatic rings. The van der Waals surface area contributed by atoms with E-state index in [1.165, 1.54) is 13.0 Å². The summed E-state index contributed by atoms with van der Waals surface area (Å²) >= 11 is 0.